The van der Waals surface area contributed by atoms with Gasteiger partial charge >= 0.3 is 0 Å². The van der Waals surface area contributed by atoms with Crippen molar-refractivity contribution in [3.05, 3.63) is 0 Å². The molecule has 3 aliphatic heterocycles. The van der Waals surface area contributed by atoms with E-state index >= 15 is 0 Å². The Labute approximate surface area is 130 Å². The van der Waals surface area contributed by atoms with Crippen LogP contribution >= 0.6 is 0 Å². The first kappa shape index (κ1) is 15.7. The fraction of sp³-hybridized carbons (Fsp3) is 1.00. The second kappa shape index (κ2) is 7.91. The predicted molar refractivity (Wildman–Crippen MR) is 86.7 cm³/mol. The maximum atomic E-state index is 5.76. The van der Waals surface area contributed by atoms with E-state index in [-0.39, 0.29) is 0 Å². The van der Waals surface area contributed by atoms with Gasteiger partial charge in [0, 0.05) is 50.8 Å². The first-order valence-corrected chi connectivity index (χ1v) is 9.14. The number of nitrogens with zero attached hydrogens (tertiary/aromatic N) is 2. The summed E-state index contributed by atoms with van der Waals surface area (Å²) in [4.78, 5) is 5.44. The monoisotopic (exact) mass is 295 g/mol. The third-order valence-electron chi connectivity index (χ3n) is 5.54. The molecule has 0 spiro atoms. The van der Waals surface area contributed by atoms with Gasteiger partial charge in [-0.25, -0.2) is 0 Å². The zero-order valence-corrected chi connectivity index (χ0v) is 13.7. The smallest absolute Gasteiger partial charge is 0.0521 e. The Hall–Kier alpha value is -0.160. The standard InChI is InChI=1S/C17H33N3O/c1-2-7-18-17-6-11-21-14-15(17)12-19-9-10-20-8-4-3-5-16(20)13-19/h15-18H,2-14H2,1H3. The summed E-state index contributed by atoms with van der Waals surface area (Å²) in [6, 6.07) is 1.50. The zero-order chi connectivity index (χ0) is 14.5. The van der Waals surface area contributed by atoms with Crippen molar-refractivity contribution in [2.24, 2.45) is 5.92 Å². The molecule has 0 aromatic rings. The third-order valence-corrected chi connectivity index (χ3v) is 5.54. The van der Waals surface area contributed by atoms with Crippen molar-refractivity contribution >= 4 is 0 Å². The molecular formula is C17H33N3O. The Morgan fingerprint density at radius 3 is 3.00 bits per heavy atom. The lowest BCUT2D eigenvalue weighted by molar-refractivity contribution is -0.00601. The molecule has 3 heterocycles. The second-order valence-corrected chi connectivity index (χ2v) is 7.13. The van der Waals surface area contributed by atoms with E-state index in [1.54, 1.807) is 0 Å². The van der Waals surface area contributed by atoms with Crippen LogP contribution in [0.5, 0.6) is 0 Å². The van der Waals surface area contributed by atoms with Crippen LogP contribution < -0.4 is 5.32 Å². The van der Waals surface area contributed by atoms with Crippen LogP contribution in [0, 0.1) is 5.92 Å². The van der Waals surface area contributed by atoms with Crippen molar-refractivity contribution in [3.63, 3.8) is 0 Å². The Bertz CT molecular complexity index is 312. The van der Waals surface area contributed by atoms with Crippen LogP contribution in [0.15, 0.2) is 0 Å². The summed E-state index contributed by atoms with van der Waals surface area (Å²) in [6.07, 6.45) is 6.67. The fourth-order valence-corrected chi connectivity index (χ4v) is 4.29. The Kier molecular flexibility index (Phi) is 5.92. The van der Waals surface area contributed by atoms with Gasteiger partial charge in [-0.15, -0.1) is 0 Å². The van der Waals surface area contributed by atoms with Crippen molar-refractivity contribution < 1.29 is 4.74 Å². The van der Waals surface area contributed by atoms with Crippen molar-refractivity contribution in [1.29, 1.82) is 0 Å². The summed E-state index contributed by atoms with van der Waals surface area (Å²) < 4.78 is 5.76. The quantitative estimate of drug-likeness (QED) is 0.833. The largest absolute Gasteiger partial charge is 0.381 e. The van der Waals surface area contributed by atoms with Gasteiger partial charge in [-0.2, -0.15) is 0 Å². The lowest BCUT2D eigenvalue weighted by Crippen LogP contribution is -2.57. The molecule has 0 saturated carbocycles. The highest BCUT2D eigenvalue weighted by Gasteiger charge is 2.32. The van der Waals surface area contributed by atoms with Crippen LogP contribution in [0.1, 0.15) is 39.0 Å². The fourth-order valence-electron chi connectivity index (χ4n) is 4.29. The summed E-state index contributed by atoms with van der Waals surface area (Å²) in [5.41, 5.74) is 0. The normalized spacial score (nSPS) is 35.6. The van der Waals surface area contributed by atoms with Crippen LogP contribution in [-0.4, -0.2) is 74.4 Å². The maximum absolute atomic E-state index is 5.76. The minimum Gasteiger partial charge on any atom is -0.381 e. The van der Waals surface area contributed by atoms with E-state index in [1.807, 2.05) is 0 Å². The zero-order valence-electron chi connectivity index (χ0n) is 13.7. The number of nitrogens with one attached hydrogen (secondary N) is 1. The molecule has 3 unspecified atom stereocenters. The maximum Gasteiger partial charge on any atom is 0.0521 e. The van der Waals surface area contributed by atoms with E-state index in [4.69, 9.17) is 4.74 Å². The van der Waals surface area contributed by atoms with Crippen LogP contribution in [0.2, 0.25) is 0 Å². The Morgan fingerprint density at radius 2 is 2.10 bits per heavy atom. The summed E-state index contributed by atoms with van der Waals surface area (Å²) in [6.45, 7) is 11.7. The molecule has 1 N–H and O–H groups in total. The topological polar surface area (TPSA) is 27.7 Å². The Balaban J connectivity index is 1.49. The molecule has 0 aromatic carbocycles. The molecular weight excluding hydrogens is 262 g/mol. The van der Waals surface area contributed by atoms with Crippen molar-refractivity contribution in [3.8, 4) is 0 Å². The molecule has 0 radical (unpaired) electrons. The van der Waals surface area contributed by atoms with E-state index in [1.165, 1.54) is 64.8 Å². The second-order valence-electron chi connectivity index (χ2n) is 7.13. The lowest BCUT2D eigenvalue weighted by Gasteiger charge is -2.46. The molecule has 3 saturated heterocycles. The van der Waals surface area contributed by atoms with Gasteiger partial charge in [-0.05, 0) is 38.8 Å². The molecule has 3 fully saturated rings. The highest BCUT2D eigenvalue weighted by Crippen LogP contribution is 2.23. The van der Waals surface area contributed by atoms with Crippen LogP contribution in [0.3, 0.4) is 0 Å². The molecule has 4 heteroatoms. The number of piperazine rings is 1. The van der Waals surface area contributed by atoms with Crippen LogP contribution in [0.4, 0.5) is 0 Å². The van der Waals surface area contributed by atoms with E-state index in [0.29, 0.717) is 12.0 Å². The van der Waals surface area contributed by atoms with Gasteiger partial charge in [-0.1, -0.05) is 13.3 Å². The molecule has 122 valence electrons. The molecule has 0 amide bonds. The van der Waals surface area contributed by atoms with Gasteiger partial charge in [0.1, 0.15) is 0 Å². The number of fused-ring (bicyclic) bond motifs is 1. The van der Waals surface area contributed by atoms with E-state index in [9.17, 15) is 0 Å². The highest BCUT2D eigenvalue weighted by atomic mass is 16.5. The molecule has 3 atom stereocenters. The van der Waals surface area contributed by atoms with E-state index in [2.05, 4.69) is 22.0 Å². The molecule has 21 heavy (non-hydrogen) atoms. The lowest BCUT2D eigenvalue weighted by atomic mass is 9.93. The van der Waals surface area contributed by atoms with Crippen molar-refractivity contribution in [2.75, 3.05) is 52.5 Å². The van der Waals surface area contributed by atoms with Crippen molar-refractivity contribution in [2.45, 2.75) is 51.1 Å². The molecule has 0 bridgehead atoms. The van der Waals surface area contributed by atoms with Gasteiger partial charge in [0.25, 0.3) is 0 Å². The summed E-state index contributed by atoms with van der Waals surface area (Å²) >= 11 is 0. The van der Waals surface area contributed by atoms with E-state index < -0.39 is 0 Å². The van der Waals surface area contributed by atoms with Crippen LogP contribution in [-0.2, 0) is 4.74 Å². The molecule has 4 nitrogen and oxygen atoms in total. The Morgan fingerprint density at radius 1 is 1.14 bits per heavy atom. The molecule has 0 aliphatic carbocycles. The number of hydrogen-bond donors (Lipinski definition) is 1. The summed E-state index contributed by atoms with van der Waals surface area (Å²) in [5, 5.41) is 3.75. The minimum absolute atomic E-state index is 0.670. The first-order valence-electron chi connectivity index (χ1n) is 9.14. The summed E-state index contributed by atoms with van der Waals surface area (Å²) in [7, 11) is 0. The number of hydrogen-bond acceptors (Lipinski definition) is 4. The van der Waals surface area contributed by atoms with Gasteiger partial charge < -0.3 is 15.0 Å². The van der Waals surface area contributed by atoms with Gasteiger partial charge in [0.05, 0.1) is 6.61 Å². The first-order chi connectivity index (χ1) is 10.4. The molecule has 3 rings (SSSR count). The van der Waals surface area contributed by atoms with Gasteiger partial charge in [-0.3, -0.25) is 4.90 Å². The average molecular weight is 295 g/mol. The SMILES string of the molecule is CCCNC1CCOCC1CN1CCN2CCCCC2C1. The molecule has 0 aromatic heterocycles. The highest BCUT2D eigenvalue weighted by molar-refractivity contribution is 4.88. The van der Waals surface area contributed by atoms with Crippen molar-refractivity contribution in [1.82, 2.24) is 15.1 Å². The minimum atomic E-state index is 0.670. The number of rotatable bonds is 5. The van der Waals surface area contributed by atoms with E-state index in [0.717, 1.165) is 25.8 Å². The average Bonchev–Trinajstić information content (AvgIpc) is 2.54. The number of piperidine rings is 1. The number of ether oxygens (including phenoxy) is 1. The van der Waals surface area contributed by atoms with Crippen LogP contribution in [0.25, 0.3) is 0 Å². The van der Waals surface area contributed by atoms with Gasteiger partial charge in [0.2, 0.25) is 0 Å². The van der Waals surface area contributed by atoms with Gasteiger partial charge in [0.15, 0.2) is 0 Å². The third kappa shape index (κ3) is 4.19. The summed E-state index contributed by atoms with van der Waals surface area (Å²) in [5.74, 6) is 0.681. The molecule has 3 aliphatic rings. The predicted octanol–water partition coefficient (Wildman–Crippen LogP) is 1.56.